The fraction of sp³-hybridized carbons (Fsp3) is 0.429. The predicted molar refractivity (Wildman–Crippen MR) is 43.0 cm³/mol. The molecule has 0 unspecified atom stereocenters. The molecule has 0 saturated heterocycles. The van der Waals surface area contributed by atoms with E-state index in [1.165, 1.54) is 0 Å². The summed E-state index contributed by atoms with van der Waals surface area (Å²) in [6, 6.07) is 3.85. The SMILES string of the molecule is NCC[C@H](O)c1cccs1. The van der Waals surface area contributed by atoms with Crippen LogP contribution in [-0.2, 0) is 0 Å². The molecule has 0 aliphatic carbocycles. The lowest BCUT2D eigenvalue weighted by molar-refractivity contribution is 0.174. The quantitative estimate of drug-likeness (QED) is 0.691. The van der Waals surface area contributed by atoms with Gasteiger partial charge in [-0.05, 0) is 24.4 Å². The molecule has 0 aromatic carbocycles. The Hall–Kier alpha value is -0.380. The molecular weight excluding hydrogens is 146 g/mol. The molecule has 0 fully saturated rings. The van der Waals surface area contributed by atoms with Gasteiger partial charge in [0, 0.05) is 4.88 Å². The zero-order valence-electron chi connectivity index (χ0n) is 5.66. The van der Waals surface area contributed by atoms with Crippen LogP contribution >= 0.6 is 11.3 Å². The number of hydrogen-bond donors (Lipinski definition) is 2. The maximum atomic E-state index is 9.34. The highest BCUT2D eigenvalue weighted by atomic mass is 32.1. The van der Waals surface area contributed by atoms with Gasteiger partial charge in [0.15, 0.2) is 0 Å². The Kier molecular flexibility index (Phi) is 2.86. The minimum Gasteiger partial charge on any atom is -0.388 e. The molecule has 10 heavy (non-hydrogen) atoms. The van der Waals surface area contributed by atoms with E-state index in [0.717, 1.165) is 4.88 Å². The monoisotopic (exact) mass is 157 g/mol. The Morgan fingerprint density at radius 2 is 2.50 bits per heavy atom. The number of rotatable bonds is 3. The second-order valence-electron chi connectivity index (χ2n) is 2.11. The molecule has 0 amide bonds. The summed E-state index contributed by atoms with van der Waals surface area (Å²) in [6.07, 6.45) is 0.297. The Labute approximate surface area is 64.3 Å². The van der Waals surface area contributed by atoms with Crippen molar-refractivity contribution in [1.82, 2.24) is 0 Å². The zero-order valence-corrected chi connectivity index (χ0v) is 6.47. The normalized spacial score (nSPS) is 13.4. The van der Waals surface area contributed by atoms with E-state index >= 15 is 0 Å². The second kappa shape index (κ2) is 3.71. The molecular formula is C7H11NOS. The lowest BCUT2D eigenvalue weighted by Gasteiger charge is -2.04. The van der Waals surface area contributed by atoms with Crippen LogP contribution in [0.2, 0.25) is 0 Å². The van der Waals surface area contributed by atoms with E-state index in [1.807, 2.05) is 17.5 Å². The molecule has 0 bridgehead atoms. The fourth-order valence-electron chi connectivity index (χ4n) is 0.781. The minimum absolute atomic E-state index is 0.356. The standard InChI is InChI=1S/C7H11NOS/c8-4-3-6(9)7-2-1-5-10-7/h1-2,5-6,9H,3-4,8H2/t6-/m0/s1. The average Bonchev–Trinajstić information content (AvgIpc) is 2.38. The minimum atomic E-state index is -0.356. The summed E-state index contributed by atoms with van der Waals surface area (Å²) in [5, 5.41) is 11.3. The smallest absolute Gasteiger partial charge is 0.0894 e. The molecule has 0 aliphatic heterocycles. The molecule has 3 N–H and O–H groups in total. The largest absolute Gasteiger partial charge is 0.388 e. The van der Waals surface area contributed by atoms with Crippen molar-refractivity contribution < 1.29 is 5.11 Å². The molecule has 2 nitrogen and oxygen atoms in total. The van der Waals surface area contributed by atoms with Crippen molar-refractivity contribution >= 4 is 11.3 Å². The van der Waals surface area contributed by atoms with Crippen molar-refractivity contribution in [1.29, 1.82) is 0 Å². The molecule has 0 saturated carbocycles. The fourth-order valence-corrected chi connectivity index (χ4v) is 1.53. The molecule has 1 atom stereocenters. The van der Waals surface area contributed by atoms with E-state index in [0.29, 0.717) is 13.0 Å². The maximum absolute atomic E-state index is 9.34. The molecule has 1 heterocycles. The molecule has 1 rings (SSSR count). The van der Waals surface area contributed by atoms with Gasteiger partial charge in [-0.15, -0.1) is 11.3 Å². The van der Waals surface area contributed by atoms with Crippen LogP contribution in [0, 0.1) is 0 Å². The van der Waals surface area contributed by atoms with Crippen molar-refractivity contribution in [3.05, 3.63) is 22.4 Å². The van der Waals surface area contributed by atoms with E-state index < -0.39 is 0 Å². The Bertz CT molecular complexity index is 174. The summed E-state index contributed by atoms with van der Waals surface area (Å²) in [5.74, 6) is 0. The first-order chi connectivity index (χ1) is 4.84. The Morgan fingerprint density at radius 3 is 3.00 bits per heavy atom. The molecule has 56 valence electrons. The van der Waals surface area contributed by atoms with Gasteiger partial charge in [-0.2, -0.15) is 0 Å². The first kappa shape index (κ1) is 7.72. The van der Waals surface area contributed by atoms with Crippen LogP contribution in [0.5, 0.6) is 0 Å². The second-order valence-corrected chi connectivity index (χ2v) is 3.09. The first-order valence-corrected chi connectivity index (χ1v) is 4.14. The highest BCUT2D eigenvalue weighted by Gasteiger charge is 2.05. The van der Waals surface area contributed by atoms with Gasteiger partial charge in [0.05, 0.1) is 6.10 Å². The molecule has 1 aromatic heterocycles. The summed E-state index contributed by atoms with van der Waals surface area (Å²) in [6.45, 7) is 0.541. The highest BCUT2D eigenvalue weighted by molar-refractivity contribution is 7.10. The zero-order chi connectivity index (χ0) is 7.40. The van der Waals surface area contributed by atoms with E-state index in [2.05, 4.69) is 0 Å². The van der Waals surface area contributed by atoms with Crippen molar-refractivity contribution in [3.63, 3.8) is 0 Å². The van der Waals surface area contributed by atoms with Crippen molar-refractivity contribution in [2.24, 2.45) is 5.73 Å². The third-order valence-corrected chi connectivity index (χ3v) is 2.29. The van der Waals surface area contributed by atoms with Crippen LogP contribution in [0.4, 0.5) is 0 Å². The van der Waals surface area contributed by atoms with Crippen molar-refractivity contribution in [3.8, 4) is 0 Å². The van der Waals surface area contributed by atoms with E-state index in [4.69, 9.17) is 5.73 Å². The Morgan fingerprint density at radius 1 is 1.70 bits per heavy atom. The number of hydrogen-bond acceptors (Lipinski definition) is 3. The van der Waals surface area contributed by atoms with Gasteiger partial charge < -0.3 is 10.8 Å². The number of thiophene rings is 1. The number of aliphatic hydroxyl groups excluding tert-OH is 1. The van der Waals surface area contributed by atoms with Gasteiger partial charge in [-0.3, -0.25) is 0 Å². The summed E-state index contributed by atoms with van der Waals surface area (Å²) in [5.41, 5.74) is 5.28. The van der Waals surface area contributed by atoms with Gasteiger partial charge in [0.2, 0.25) is 0 Å². The maximum Gasteiger partial charge on any atom is 0.0894 e. The third kappa shape index (κ3) is 1.80. The molecule has 0 aliphatic rings. The van der Waals surface area contributed by atoms with Crippen molar-refractivity contribution in [2.75, 3.05) is 6.54 Å². The first-order valence-electron chi connectivity index (χ1n) is 3.26. The van der Waals surface area contributed by atoms with E-state index in [1.54, 1.807) is 11.3 Å². The van der Waals surface area contributed by atoms with Crippen molar-refractivity contribution in [2.45, 2.75) is 12.5 Å². The molecule has 1 aromatic rings. The van der Waals surface area contributed by atoms with Gasteiger partial charge in [0.25, 0.3) is 0 Å². The lowest BCUT2D eigenvalue weighted by atomic mass is 10.2. The topological polar surface area (TPSA) is 46.2 Å². The van der Waals surface area contributed by atoms with Crippen LogP contribution < -0.4 is 5.73 Å². The predicted octanol–water partition coefficient (Wildman–Crippen LogP) is 1.13. The van der Waals surface area contributed by atoms with Gasteiger partial charge in [-0.1, -0.05) is 6.07 Å². The van der Waals surface area contributed by atoms with Crippen LogP contribution in [0.3, 0.4) is 0 Å². The number of aliphatic hydroxyl groups is 1. The van der Waals surface area contributed by atoms with Gasteiger partial charge in [0.1, 0.15) is 0 Å². The lowest BCUT2D eigenvalue weighted by Crippen LogP contribution is -2.05. The molecule has 3 heteroatoms. The van der Waals surface area contributed by atoms with Crippen LogP contribution in [0.15, 0.2) is 17.5 Å². The number of nitrogens with two attached hydrogens (primary N) is 1. The van der Waals surface area contributed by atoms with Crippen LogP contribution in [0.1, 0.15) is 17.4 Å². The highest BCUT2D eigenvalue weighted by Crippen LogP contribution is 2.20. The molecule has 0 radical (unpaired) electrons. The summed E-state index contributed by atoms with van der Waals surface area (Å²) in [4.78, 5) is 1.01. The summed E-state index contributed by atoms with van der Waals surface area (Å²) >= 11 is 1.57. The van der Waals surface area contributed by atoms with E-state index in [-0.39, 0.29) is 6.10 Å². The van der Waals surface area contributed by atoms with Crippen LogP contribution in [-0.4, -0.2) is 11.7 Å². The Balaban J connectivity index is 2.50. The summed E-state index contributed by atoms with van der Waals surface area (Å²) in [7, 11) is 0. The van der Waals surface area contributed by atoms with E-state index in [9.17, 15) is 5.11 Å². The van der Waals surface area contributed by atoms with Gasteiger partial charge >= 0.3 is 0 Å². The van der Waals surface area contributed by atoms with Crippen LogP contribution in [0.25, 0.3) is 0 Å². The summed E-state index contributed by atoms with van der Waals surface area (Å²) < 4.78 is 0. The average molecular weight is 157 g/mol. The van der Waals surface area contributed by atoms with Gasteiger partial charge in [-0.25, -0.2) is 0 Å². The third-order valence-electron chi connectivity index (χ3n) is 1.31. The molecule has 0 spiro atoms.